The van der Waals surface area contributed by atoms with Gasteiger partial charge in [-0.25, -0.2) is 19.1 Å². The monoisotopic (exact) mass is 370 g/mol. The van der Waals surface area contributed by atoms with Crippen LogP contribution < -0.4 is 0 Å². The van der Waals surface area contributed by atoms with Crippen molar-refractivity contribution in [2.45, 2.75) is 53.0 Å². The number of hydrogen-bond acceptors (Lipinski definition) is 8. The Balaban J connectivity index is 0.000000260. The maximum absolute atomic E-state index is 10.5. The molecule has 0 unspecified atom stereocenters. The Morgan fingerprint density at radius 1 is 0.923 bits per heavy atom. The van der Waals surface area contributed by atoms with E-state index in [1.54, 1.807) is 27.7 Å². The lowest BCUT2D eigenvalue weighted by molar-refractivity contribution is -0.392. The summed E-state index contributed by atoms with van der Waals surface area (Å²) in [4.78, 5) is 27.5. The first-order valence-corrected chi connectivity index (χ1v) is 7.73. The van der Waals surface area contributed by atoms with E-state index in [2.05, 4.69) is 9.97 Å². The molecule has 0 saturated heterocycles. The summed E-state index contributed by atoms with van der Waals surface area (Å²) in [6, 6.07) is 0. The van der Waals surface area contributed by atoms with Gasteiger partial charge in [-0.1, -0.05) is 0 Å². The number of aliphatic hydroxyl groups excluding tert-OH is 2. The zero-order valence-corrected chi connectivity index (χ0v) is 14.9. The van der Waals surface area contributed by atoms with Crippen LogP contribution in [0.5, 0.6) is 0 Å². The molecule has 2 N–H and O–H groups in total. The summed E-state index contributed by atoms with van der Waals surface area (Å²) >= 11 is 0. The lowest BCUT2D eigenvalue weighted by atomic mass is 10.4. The summed E-state index contributed by atoms with van der Waals surface area (Å²) in [5, 5.41) is 39.1. The Kier molecular flexibility index (Phi) is 7.34. The minimum Gasteiger partial charge on any atom is -0.389 e. The van der Waals surface area contributed by atoms with Crippen LogP contribution in [-0.2, 0) is 13.1 Å². The third-order valence-electron chi connectivity index (χ3n) is 3.34. The largest absolute Gasteiger partial charge is 0.389 e. The first kappa shape index (κ1) is 21.2. The van der Waals surface area contributed by atoms with Crippen molar-refractivity contribution in [3.05, 3.63) is 44.3 Å². The maximum Gasteiger partial charge on any atom is 0.342 e. The Morgan fingerprint density at radius 3 is 1.46 bits per heavy atom. The second-order valence-electron chi connectivity index (χ2n) is 5.76. The fraction of sp³-hybridized carbons (Fsp3) is 0.571. The van der Waals surface area contributed by atoms with E-state index in [-0.39, 0.29) is 24.7 Å². The van der Waals surface area contributed by atoms with Crippen LogP contribution in [0.15, 0.2) is 12.4 Å². The van der Waals surface area contributed by atoms with Gasteiger partial charge in [-0.05, 0) is 23.7 Å². The van der Waals surface area contributed by atoms with E-state index in [1.807, 2.05) is 0 Å². The van der Waals surface area contributed by atoms with Crippen molar-refractivity contribution in [2.24, 2.45) is 0 Å². The van der Waals surface area contributed by atoms with Crippen LogP contribution in [0.1, 0.15) is 25.5 Å². The standard InChI is InChI=1S/2C7H11N3O3/c2*1-5(11)4-9-6(2)8-3-7(9)10(12)13/h2*3,5,11H,4H2,1-2H3/t2*5-/m10/s1. The van der Waals surface area contributed by atoms with Crippen LogP contribution in [0, 0.1) is 34.1 Å². The predicted octanol–water partition coefficient (Wildman–Crippen LogP) is 0.961. The molecule has 0 bridgehead atoms. The first-order valence-electron chi connectivity index (χ1n) is 7.73. The molecule has 0 radical (unpaired) electrons. The topological polar surface area (TPSA) is 162 Å². The number of hydrogen-bond donors (Lipinski definition) is 2. The van der Waals surface area contributed by atoms with E-state index in [0.29, 0.717) is 11.6 Å². The van der Waals surface area contributed by atoms with Crippen molar-refractivity contribution >= 4 is 11.6 Å². The number of aromatic nitrogens is 4. The zero-order valence-electron chi connectivity index (χ0n) is 14.9. The van der Waals surface area contributed by atoms with Gasteiger partial charge in [0.1, 0.15) is 25.5 Å². The molecule has 0 aliphatic carbocycles. The molecule has 26 heavy (non-hydrogen) atoms. The second kappa shape index (κ2) is 9.01. The third kappa shape index (κ3) is 5.60. The van der Waals surface area contributed by atoms with Crippen LogP contribution >= 0.6 is 0 Å². The minimum atomic E-state index is -0.619. The van der Waals surface area contributed by atoms with E-state index < -0.39 is 22.1 Å². The maximum atomic E-state index is 10.5. The quantitative estimate of drug-likeness (QED) is 0.561. The van der Waals surface area contributed by atoms with E-state index in [1.165, 1.54) is 21.5 Å². The zero-order chi connectivity index (χ0) is 20.0. The summed E-state index contributed by atoms with van der Waals surface area (Å²) < 4.78 is 2.76. The fourth-order valence-electron chi connectivity index (χ4n) is 2.18. The third-order valence-corrected chi connectivity index (χ3v) is 3.34. The molecule has 2 aromatic rings. The highest BCUT2D eigenvalue weighted by atomic mass is 16.6. The molecule has 0 fully saturated rings. The van der Waals surface area contributed by atoms with E-state index in [4.69, 9.17) is 10.2 Å². The molecular formula is C14H22N6O6. The van der Waals surface area contributed by atoms with Gasteiger partial charge < -0.3 is 30.4 Å². The molecule has 0 aliphatic heterocycles. The van der Waals surface area contributed by atoms with Crippen LogP contribution in [0.4, 0.5) is 11.6 Å². The molecule has 12 heteroatoms. The summed E-state index contributed by atoms with van der Waals surface area (Å²) in [7, 11) is 0. The Labute approximate surface area is 149 Å². The number of nitrogens with zero attached hydrogens (tertiary/aromatic N) is 6. The highest BCUT2D eigenvalue weighted by Crippen LogP contribution is 2.14. The van der Waals surface area contributed by atoms with Crippen molar-refractivity contribution in [1.29, 1.82) is 0 Å². The average Bonchev–Trinajstić information content (AvgIpc) is 3.04. The normalized spacial score (nSPS) is 12.8. The Morgan fingerprint density at radius 2 is 1.23 bits per heavy atom. The van der Waals surface area contributed by atoms with Gasteiger partial charge in [0.05, 0.1) is 12.2 Å². The lowest BCUT2D eigenvalue weighted by Gasteiger charge is -2.04. The van der Waals surface area contributed by atoms with Gasteiger partial charge in [0.2, 0.25) is 0 Å². The highest BCUT2D eigenvalue weighted by Gasteiger charge is 2.19. The van der Waals surface area contributed by atoms with E-state index >= 15 is 0 Å². The number of nitro groups is 2. The molecule has 2 aromatic heterocycles. The molecule has 2 atom stereocenters. The van der Waals surface area contributed by atoms with Crippen molar-refractivity contribution in [1.82, 2.24) is 19.1 Å². The predicted molar refractivity (Wildman–Crippen MR) is 90.6 cm³/mol. The molecular weight excluding hydrogens is 348 g/mol. The van der Waals surface area contributed by atoms with Gasteiger partial charge in [-0.2, -0.15) is 0 Å². The minimum absolute atomic E-state index is 0.0848. The van der Waals surface area contributed by atoms with E-state index in [9.17, 15) is 20.2 Å². The molecule has 0 saturated carbocycles. The van der Waals surface area contributed by atoms with Crippen molar-refractivity contribution < 1.29 is 20.1 Å². The van der Waals surface area contributed by atoms with Gasteiger partial charge in [-0.15, -0.1) is 0 Å². The molecule has 0 aromatic carbocycles. The van der Waals surface area contributed by atoms with Gasteiger partial charge in [-0.3, -0.25) is 0 Å². The van der Waals surface area contributed by atoms with Crippen molar-refractivity contribution in [3.63, 3.8) is 0 Å². The first-order chi connectivity index (χ1) is 12.0. The molecule has 12 nitrogen and oxygen atoms in total. The SMILES string of the molecule is Cc1ncc([N+](=O)[O-])n1C[C@@H](C)O.Cc1ncc([N+](=O)[O-])n1C[C@H](C)O. The smallest absolute Gasteiger partial charge is 0.342 e. The second-order valence-corrected chi connectivity index (χ2v) is 5.76. The van der Waals surface area contributed by atoms with Gasteiger partial charge in [0, 0.05) is 13.8 Å². The average molecular weight is 370 g/mol. The molecule has 0 amide bonds. The summed E-state index contributed by atoms with van der Waals surface area (Å²) in [6.45, 7) is 6.86. The fourth-order valence-corrected chi connectivity index (χ4v) is 2.18. The summed E-state index contributed by atoms with van der Waals surface area (Å²) in [6.07, 6.45) is 1.15. The van der Waals surface area contributed by atoms with E-state index in [0.717, 1.165) is 0 Å². The molecule has 0 spiro atoms. The molecule has 2 rings (SSSR count). The van der Waals surface area contributed by atoms with Crippen LogP contribution in [-0.4, -0.2) is 51.4 Å². The molecule has 0 aliphatic rings. The van der Waals surface area contributed by atoms with Crippen molar-refractivity contribution in [3.8, 4) is 0 Å². The van der Waals surface area contributed by atoms with Gasteiger partial charge in [0.25, 0.3) is 0 Å². The Bertz CT molecular complexity index is 702. The van der Waals surface area contributed by atoms with Crippen LogP contribution in [0.25, 0.3) is 0 Å². The van der Waals surface area contributed by atoms with Gasteiger partial charge in [0.15, 0.2) is 11.6 Å². The summed E-state index contributed by atoms with van der Waals surface area (Å²) in [5.74, 6) is 0.900. The molecule has 144 valence electrons. The Hall–Kier alpha value is -2.86. The number of aryl methyl sites for hydroxylation is 2. The van der Waals surface area contributed by atoms with Crippen LogP contribution in [0.2, 0.25) is 0 Å². The molecule has 2 heterocycles. The number of imidazole rings is 2. The lowest BCUT2D eigenvalue weighted by Crippen LogP contribution is -2.14. The number of aliphatic hydroxyl groups is 2. The van der Waals surface area contributed by atoms with Crippen molar-refractivity contribution in [2.75, 3.05) is 0 Å². The van der Waals surface area contributed by atoms with Crippen LogP contribution in [0.3, 0.4) is 0 Å². The highest BCUT2D eigenvalue weighted by molar-refractivity contribution is 5.19. The number of rotatable bonds is 6. The summed E-state index contributed by atoms with van der Waals surface area (Å²) in [5.41, 5.74) is 0. The van der Waals surface area contributed by atoms with Gasteiger partial charge >= 0.3 is 11.6 Å².